The van der Waals surface area contributed by atoms with E-state index >= 15 is 0 Å². The van der Waals surface area contributed by atoms with Crippen LogP contribution in [0.3, 0.4) is 0 Å². The standard InChI is InChI=1S/C26H24FN/c1-26(2,3)24-15-18(13-16-5-4-6-21(16)24)25-23-9-7-17-14-19(27)8-10-20(17)22(23)11-12-28-25/h7-15H,4-6H2,1-3H3. The third-order valence-corrected chi connectivity index (χ3v) is 6.02. The Kier molecular flexibility index (Phi) is 3.80. The molecule has 3 aromatic carbocycles. The van der Waals surface area contributed by atoms with E-state index in [1.54, 1.807) is 6.07 Å². The van der Waals surface area contributed by atoms with Crippen LogP contribution in [0.2, 0.25) is 0 Å². The van der Waals surface area contributed by atoms with Gasteiger partial charge < -0.3 is 0 Å². The molecule has 0 fully saturated rings. The van der Waals surface area contributed by atoms with Gasteiger partial charge in [0.2, 0.25) is 0 Å². The normalized spacial score (nSPS) is 14.0. The van der Waals surface area contributed by atoms with Crippen molar-refractivity contribution in [3.8, 4) is 11.3 Å². The first kappa shape index (κ1) is 17.4. The molecule has 0 amide bonds. The third kappa shape index (κ3) is 2.71. The zero-order valence-corrected chi connectivity index (χ0v) is 16.6. The summed E-state index contributed by atoms with van der Waals surface area (Å²) in [4.78, 5) is 4.78. The van der Waals surface area contributed by atoms with Crippen molar-refractivity contribution in [1.29, 1.82) is 0 Å². The van der Waals surface area contributed by atoms with E-state index in [0.29, 0.717) is 0 Å². The molecule has 1 aliphatic carbocycles. The lowest BCUT2D eigenvalue weighted by Gasteiger charge is -2.24. The van der Waals surface area contributed by atoms with E-state index in [4.69, 9.17) is 4.98 Å². The zero-order chi connectivity index (χ0) is 19.5. The van der Waals surface area contributed by atoms with Crippen LogP contribution in [-0.2, 0) is 18.3 Å². The molecule has 1 heterocycles. The Morgan fingerprint density at radius 2 is 1.68 bits per heavy atom. The summed E-state index contributed by atoms with van der Waals surface area (Å²) in [5, 5.41) is 4.24. The second kappa shape index (κ2) is 6.13. The summed E-state index contributed by atoms with van der Waals surface area (Å²) in [6.45, 7) is 6.88. The molecule has 1 nitrogen and oxygen atoms in total. The quantitative estimate of drug-likeness (QED) is 0.330. The highest BCUT2D eigenvalue weighted by Crippen LogP contribution is 2.39. The Morgan fingerprint density at radius 3 is 2.50 bits per heavy atom. The predicted molar refractivity (Wildman–Crippen MR) is 115 cm³/mol. The highest BCUT2D eigenvalue weighted by atomic mass is 19.1. The maximum Gasteiger partial charge on any atom is 0.123 e. The average molecular weight is 369 g/mol. The number of hydrogen-bond acceptors (Lipinski definition) is 1. The van der Waals surface area contributed by atoms with Crippen molar-refractivity contribution in [1.82, 2.24) is 4.98 Å². The molecule has 0 saturated carbocycles. The van der Waals surface area contributed by atoms with Gasteiger partial charge in [0.25, 0.3) is 0 Å². The lowest BCUT2D eigenvalue weighted by molar-refractivity contribution is 0.584. The number of aryl methyl sites for hydroxylation is 1. The highest BCUT2D eigenvalue weighted by Gasteiger charge is 2.24. The lowest BCUT2D eigenvalue weighted by Crippen LogP contribution is -2.14. The van der Waals surface area contributed by atoms with Gasteiger partial charge in [0, 0.05) is 17.1 Å². The molecule has 4 aromatic rings. The summed E-state index contributed by atoms with van der Waals surface area (Å²) in [5.41, 5.74) is 6.78. The number of halogens is 1. The fourth-order valence-electron chi connectivity index (χ4n) is 4.71. The smallest absolute Gasteiger partial charge is 0.123 e. The van der Waals surface area contributed by atoms with Gasteiger partial charge in [-0.25, -0.2) is 4.39 Å². The molecule has 0 unspecified atom stereocenters. The van der Waals surface area contributed by atoms with Gasteiger partial charge in [0.05, 0.1) is 5.69 Å². The van der Waals surface area contributed by atoms with Gasteiger partial charge in [-0.3, -0.25) is 4.98 Å². The molecule has 140 valence electrons. The van der Waals surface area contributed by atoms with Crippen LogP contribution in [-0.4, -0.2) is 4.98 Å². The van der Waals surface area contributed by atoms with E-state index in [1.165, 1.54) is 41.2 Å². The second-order valence-corrected chi connectivity index (χ2v) is 8.95. The van der Waals surface area contributed by atoms with Crippen LogP contribution in [0.1, 0.15) is 43.9 Å². The molecule has 0 atom stereocenters. The van der Waals surface area contributed by atoms with Gasteiger partial charge in [-0.05, 0) is 87.9 Å². The fraction of sp³-hybridized carbons (Fsp3) is 0.269. The number of pyridine rings is 1. The van der Waals surface area contributed by atoms with Gasteiger partial charge in [0.15, 0.2) is 0 Å². The van der Waals surface area contributed by atoms with Crippen molar-refractivity contribution in [2.75, 3.05) is 0 Å². The number of hydrogen-bond donors (Lipinski definition) is 0. The van der Waals surface area contributed by atoms with Crippen molar-refractivity contribution in [3.05, 3.63) is 77.2 Å². The van der Waals surface area contributed by atoms with E-state index < -0.39 is 0 Å². The van der Waals surface area contributed by atoms with E-state index in [0.717, 1.165) is 33.7 Å². The summed E-state index contributed by atoms with van der Waals surface area (Å²) in [6, 6.07) is 15.8. The number of nitrogens with zero attached hydrogens (tertiary/aromatic N) is 1. The van der Waals surface area contributed by atoms with Gasteiger partial charge in [-0.1, -0.05) is 39.0 Å². The average Bonchev–Trinajstić information content (AvgIpc) is 3.14. The first-order valence-corrected chi connectivity index (χ1v) is 10.1. The molecule has 0 aliphatic heterocycles. The molecule has 0 bridgehead atoms. The number of aromatic nitrogens is 1. The number of rotatable bonds is 1. The molecular weight excluding hydrogens is 345 g/mol. The molecule has 28 heavy (non-hydrogen) atoms. The molecular formula is C26H24FN. The molecule has 1 aliphatic rings. The molecule has 1 aromatic heterocycles. The van der Waals surface area contributed by atoms with Crippen molar-refractivity contribution >= 4 is 21.5 Å². The van der Waals surface area contributed by atoms with Gasteiger partial charge >= 0.3 is 0 Å². The topological polar surface area (TPSA) is 12.9 Å². The van der Waals surface area contributed by atoms with Crippen LogP contribution in [0.5, 0.6) is 0 Å². The summed E-state index contributed by atoms with van der Waals surface area (Å²) in [6.07, 6.45) is 5.45. The van der Waals surface area contributed by atoms with E-state index in [1.807, 2.05) is 24.4 Å². The van der Waals surface area contributed by atoms with Crippen LogP contribution in [0.4, 0.5) is 4.39 Å². The van der Waals surface area contributed by atoms with Crippen LogP contribution >= 0.6 is 0 Å². The van der Waals surface area contributed by atoms with E-state index in [2.05, 4.69) is 39.0 Å². The molecule has 0 spiro atoms. The largest absolute Gasteiger partial charge is 0.256 e. The second-order valence-electron chi connectivity index (χ2n) is 8.95. The first-order valence-electron chi connectivity index (χ1n) is 10.1. The highest BCUT2D eigenvalue weighted by molar-refractivity contribution is 6.11. The van der Waals surface area contributed by atoms with Crippen LogP contribution in [0.15, 0.2) is 54.7 Å². The Hall–Kier alpha value is -2.74. The SMILES string of the molecule is CC(C)(C)c1cc(-c2nccc3c2ccc2cc(F)ccc23)cc2c1CCC2. The lowest BCUT2D eigenvalue weighted by atomic mass is 9.81. The summed E-state index contributed by atoms with van der Waals surface area (Å²) in [5.74, 6) is -0.199. The minimum Gasteiger partial charge on any atom is -0.256 e. The van der Waals surface area contributed by atoms with Gasteiger partial charge in [-0.2, -0.15) is 0 Å². The Balaban J connectivity index is 1.80. The first-order chi connectivity index (χ1) is 13.4. The number of benzene rings is 3. The van der Waals surface area contributed by atoms with Gasteiger partial charge in [-0.15, -0.1) is 0 Å². The van der Waals surface area contributed by atoms with Crippen molar-refractivity contribution in [2.45, 2.75) is 45.4 Å². The predicted octanol–water partition coefficient (Wildman–Crippen LogP) is 6.98. The molecule has 0 N–H and O–H groups in total. The van der Waals surface area contributed by atoms with E-state index in [-0.39, 0.29) is 11.2 Å². The van der Waals surface area contributed by atoms with Crippen LogP contribution < -0.4 is 0 Å². The van der Waals surface area contributed by atoms with Gasteiger partial charge in [0.1, 0.15) is 5.82 Å². The maximum absolute atomic E-state index is 13.7. The summed E-state index contributed by atoms with van der Waals surface area (Å²) in [7, 11) is 0. The molecule has 2 heteroatoms. The van der Waals surface area contributed by atoms with Crippen molar-refractivity contribution < 1.29 is 4.39 Å². The maximum atomic E-state index is 13.7. The third-order valence-electron chi connectivity index (χ3n) is 6.02. The summed E-state index contributed by atoms with van der Waals surface area (Å²) >= 11 is 0. The van der Waals surface area contributed by atoms with E-state index in [9.17, 15) is 4.39 Å². The zero-order valence-electron chi connectivity index (χ0n) is 16.6. The van der Waals surface area contributed by atoms with Crippen molar-refractivity contribution in [3.63, 3.8) is 0 Å². The fourth-order valence-corrected chi connectivity index (χ4v) is 4.71. The van der Waals surface area contributed by atoms with Crippen LogP contribution in [0.25, 0.3) is 32.8 Å². The Morgan fingerprint density at radius 1 is 0.857 bits per heavy atom. The molecule has 0 radical (unpaired) electrons. The Labute approximate surface area is 165 Å². The minimum absolute atomic E-state index is 0.110. The molecule has 5 rings (SSSR count). The number of fused-ring (bicyclic) bond motifs is 4. The summed E-state index contributed by atoms with van der Waals surface area (Å²) < 4.78 is 13.7. The van der Waals surface area contributed by atoms with Crippen molar-refractivity contribution in [2.24, 2.45) is 0 Å². The van der Waals surface area contributed by atoms with Crippen LogP contribution in [0, 0.1) is 5.82 Å². The monoisotopic (exact) mass is 369 g/mol. The minimum atomic E-state index is -0.199. The molecule has 0 saturated heterocycles. The Bertz CT molecular complexity index is 1230.